The highest BCUT2D eigenvalue weighted by Gasteiger charge is 2.36. The van der Waals surface area contributed by atoms with Crippen molar-refractivity contribution in [2.24, 2.45) is 5.41 Å². The predicted octanol–water partition coefficient (Wildman–Crippen LogP) is 3.26. The van der Waals surface area contributed by atoms with Crippen molar-refractivity contribution >= 4 is 17.5 Å². The van der Waals surface area contributed by atoms with Gasteiger partial charge in [-0.2, -0.15) is 0 Å². The van der Waals surface area contributed by atoms with E-state index in [1.54, 1.807) is 18.2 Å². The quantitative estimate of drug-likeness (QED) is 0.709. The number of anilines is 1. The molecular formula is C20H22F2N2O4. The first-order chi connectivity index (χ1) is 13.2. The molecule has 0 aliphatic rings. The molecular weight excluding hydrogens is 370 g/mol. The van der Waals surface area contributed by atoms with E-state index in [4.69, 9.17) is 9.47 Å². The third-order valence-corrected chi connectivity index (χ3v) is 4.21. The third-order valence-electron chi connectivity index (χ3n) is 4.21. The molecule has 0 heterocycles. The molecule has 0 radical (unpaired) electrons. The van der Waals surface area contributed by atoms with Gasteiger partial charge < -0.3 is 20.1 Å². The first-order valence-corrected chi connectivity index (χ1v) is 8.44. The summed E-state index contributed by atoms with van der Waals surface area (Å²) in [7, 11) is 3.03. The second-order valence-corrected chi connectivity index (χ2v) is 6.58. The molecule has 0 saturated carbocycles. The fraction of sp³-hybridized carbons (Fsp3) is 0.300. The average Bonchev–Trinajstić information content (AvgIpc) is 2.68. The van der Waals surface area contributed by atoms with Crippen LogP contribution in [0.25, 0.3) is 0 Å². The number of halogens is 2. The number of hydrogen-bond donors (Lipinski definition) is 2. The summed E-state index contributed by atoms with van der Waals surface area (Å²) in [4.78, 5) is 24.9. The summed E-state index contributed by atoms with van der Waals surface area (Å²) >= 11 is 0. The van der Waals surface area contributed by atoms with Crippen LogP contribution in [0, 0.1) is 17.0 Å². The summed E-state index contributed by atoms with van der Waals surface area (Å²) in [5.41, 5.74) is -0.631. The molecule has 2 aromatic rings. The third kappa shape index (κ3) is 4.76. The van der Waals surface area contributed by atoms with Gasteiger partial charge in [0.25, 0.3) is 0 Å². The lowest BCUT2D eigenvalue weighted by molar-refractivity contribution is -0.138. The van der Waals surface area contributed by atoms with Gasteiger partial charge in [-0.3, -0.25) is 9.59 Å². The number of hydrogen-bond acceptors (Lipinski definition) is 4. The molecule has 0 bridgehead atoms. The SMILES string of the molecule is COc1ccc(CNC(=O)C(C)(C)C(=O)Nc2ccc(F)c(F)c2)cc1OC. The fourth-order valence-electron chi connectivity index (χ4n) is 2.36. The molecule has 8 heteroatoms. The van der Waals surface area contributed by atoms with E-state index >= 15 is 0 Å². The zero-order chi connectivity index (χ0) is 20.9. The van der Waals surface area contributed by atoms with E-state index in [2.05, 4.69) is 10.6 Å². The Balaban J connectivity index is 2.03. The summed E-state index contributed by atoms with van der Waals surface area (Å²) in [6.45, 7) is 3.04. The molecule has 150 valence electrons. The largest absolute Gasteiger partial charge is 0.493 e. The Morgan fingerprint density at radius 2 is 1.61 bits per heavy atom. The lowest BCUT2D eigenvalue weighted by Crippen LogP contribution is -2.44. The molecule has 0 aromatic heterocycles. The minimum absolute atomic E-state index is 0.0599. The number of carbonyl (C=O) groups is 2. The Morgan fingerprint density at radius 3 is 2.21 bits per heavy atom. The molecule has 0 spiro atoms. The first kappa shape index (κ1) is 21.1. The highest BCUT2D eigenvalue weighted by molar-refractivity contribution is 6.09. The number of benzene rings is 2. The van der Waals surface area contributed by atoms with Gasteiger partial charge in [0, 0.05) is 18.3 Å². The minimum Gasteiger partial charge on any atom is -0.493 e. The summed E-state index contributed by atoms with van der Waals surface area (Å²) in [6.07, 6.45) is 0. The molecule has 2 N–H and O–H groups in total. The zero-order valence-electron chi connectivity index (χ0n) is 16.1. The van der Waals surface area contributed by atoms with E-state index in [0.717, 1.165) is 17.7 Å². The van der Waals surface area contributed by atoms with Gasteiger partial charge in [-0.15, -0.1) is 0 Å². The number of ether oxygens (including phenoxy) is 2. The number of carbonyl (C=O) groups excluding carboxylic acids is 2. The smallest absolute Gasteiger partial charge is 0.239 e. The Kier molecular flexibility index (Phi) is 6.56. The van der Waals surface area contributed by atoms with Crippen molar-refractivity contribution in [3.05, 3.63) is 53.6 Å². The standard InChI is InChI=1S/C20H22F2N2O4/c1-20(2,19(26)24-13-6-7-14(21)15(22)10-13)18(25)23-11-12-5-8-16(27-3)17(9-12)28-4/h5-10H,11H2,1-4H3,(H,23,25)(H,24,26). The van der Waals surface area contributed by atoms with E-state index in [0.29, 0.717) is 11.5 Å². The van der Waals surface area contributed by atoms with Gasteiger partial charge in [-0.1, -0.05) is 6.07 Å². The molecule has 28 heavy (non-hydrogen) atoms. The van der Waals surface area contributed by atoms with Crippen LogP contribution in [0.4, 0.5) is 14.5 Å². The van der Waals surface area contributed by atoms with E-state index in [-0.39, 0.29) is 12.2 Å². The van der Waals surface area contributed by atoms with Crippen LogP contribution in [0.5, 0.6) is 11.5 Å². The summed E-state index contributed by atoms with van der Waals surface area (Å²) in [6, 6.07) is 8.15. The molecule has 2 amide bonds. The van der Waals surface area contributed by atoms with Gasteiger partial charge in [-0.25, -0.2) is 8.78 Å². The highest BCUT2D eigenvalue weighted by Crippen LogP contribution is 2.27. The molecule has 0 fully saturated rings. The Labute approximate surface area is 161 Å². The van der Waals surface area contributed by atoms with Crippen LogP contribution in [0.3, 0.4) is 0 Å². The Hall–Kier alpha value is -3.16. The van der Waals surface area contributed by atoms with Crippen LogP contribution >= 0.6 is 0 Å². The second kappa shape index (κ2) is 8.69. The number of nitrogens with one attached hydrogen (secondary N) is 2. The predicted molar refractivity (Wildman–Crippen MR) is 100 cm³/mol. The number of methoxy groups -OCH3 is 2. The van der Waals surface area contributed by atoms with Gasteiger partial charge in [0.1, 0.15) is 5.41 Å². The van der Waals surface area contributed by atoms with Crippen molar-refractivity contribution in [1.29, 1.82) is 0 Å². The minimum atomic E-state index is -1.44. The van der Waals surface area contributed by atoms with Gasteiger partial charge in [0.2, 0.25) is 11.8 Å². The van der Waals surface area contributed by atoms with Crippen molar-refractivity contribution in [2.45, 2.75) is 20.4 Å². The molecule has 0 unspecified atom stereocenters. The Morgan fingerprint density at radius 1 is 0.929 bits per heavy atom. The highest BCUT2D eigenvalue weighted by atomic mass is 19.2. The lowest BCUT2D eigenvalue weighted by Gasteiger charge is -2.23. The van der Waals surface area contributed by atoms with Crippen molar-refractivity contribution in [1.82, 2.24) is 5.32 Å². The second-order valence-electron chi connectivity index (χ2n) is 6.58. The molecule has 0 aliphatic heterocycles. The van der Waals surface area contributed by atoms with E-state index in [1.165, 1.54) is 34.1 Å². The fourth-order valence-corrected chi connectivity index (χ4v) is 2.36. The van der Waals surface area contributed by atoms with Gasteiger partial charge in [0.05, 0.1) is 14.2 Å². The van der Waals surface area contributed by atoms with Gasteiger partial charge in [-0.05, 0) is 43.7 Å². The molecule has 6 nitrogen and oxygen atoms in total. The maximum atomic E-state index is 13.3. The van der Waals surface area contributed by atoms with Gasteiger partial charge in [0.15, 0.2) is 23.1 Å². The number of rotatable bonds is 7. The van der Waals surface area contributed by atoms with E-state index in [9.17, 15) is 18.4 Å². The zero-order valence-corrected chi connectivity index (χ0v) is 16.1. The van der Waals surface area contributed by atoms with Crippen molar-refractivity contribution in [3.63, 3.8) is 0 Å². The topological polar surface area (TPSA) is 76.7 Å². The summed E-state index contributed by atoms with van der Waals surface area (Å²) in [5.74, 6) is -2.21. The monoisotopic (exact) mass is 392 g/mol. The molecule has 2 rings (SSSR count). The molecule has 0 aliphatic carbocycles. The van der Waals surface area contributed by atoms with Crippen molar-refractivity contribution < 1.29 is 27.8 Å². The lowest BCUT2D eigenvalue weighted by atomic mass is 9.90. The van der Waals surface area contributed by atoms with Crippen LogP contribution in [0.2, 0.25) is 0 Å². The van der Waals surface area contributed by atoms with Crippen molar-refractivity contribution in [3.8, 4) is 11.5 Å². The van der Waals surface area contributed by atoms with Crippen LogP contribution in [-0.4, -0.2) is 26.0 Å². The van der Waals surface area contributed by atoms with E-state index < -0.39 is 28.9 Å². The summed E-state index contributed by atoms with van der Waals surface area (Å²) in [5, 5.41) is 5.10. The Bertz CT molecular complexity index is 885. The maximum absolute atomic E-state index is 13.3. The van der Waals surface area contributed by atoms with E-state index in [1.807, 2.05) is 0 Å². The average molecular weight is 392 g/mol. The van der Waals surface area contributed by atoms with Gasteiger partial charge >= 0.3 is 0 Å². The number of amides is 2. The van der Waals surface area contributed by atoms with Crippen LogP contribution in [0.1, 0.15) is 19.4 Å². The normalized spacial score (nSPS) is 10.9. The molecule has 0 atom stereocenters. The molecule has 0 saturated heterocycles. The van der Waals surface area contributed by atoms with Crippen LogP contribution in [0.15, 0.2) is 36.4 Å². The summed E-state index contributed by atoms with van der Waals surface area (Å²) < 4.78 is 36.7. The molecule has 2 aromatic carbocycles. The maximum Gasteiger partial charge on any atom is 0.239 e. The first-order valence-electron chi connectivity index (χ1n) is 8.44. The van der Waals surface area contributed by atoms with Crippen molar-refractivity contribution in [2.75, 3.05) is 19.5 Å². The van der Waals surface area contributed by atoms with Crippen LogP contribution < -0.4 is 20.1 Å². The van der Waals surface area contributed by atoms with Crippen LogP contribution in [-0.2, 0) is 16.1 Å².